The fourth-order valence-electron chi connectivity index (χ4n) is 2.83. The zero-order valence-corrected chi connectivity index (χ0v) is 16.0. The molecule has 0 unspecified atom stereocenters. The molecule has 140 valence electrons. The zero-order valence-electron chi connectivity index (χ0n) is 16.0. The Morgan fingerprint density at radius 1 is 1.19 bits per heavy atom. The maximum atomic E-state index is 13.8. The van der Waals surface area contributed by atoms with Crippen LogP contribution in [0.4, 0.5) is 4.39 Å². The van der Waals surface area contributed by atoms with Crippen LogP contribution in [0.15, 0.2) is 36.7 Å². The number of hydrogen-bond acceptors (Lipinski definition) is 4. The molecule has 0 aliphatic heterocycles. The monoisotopic (exact) mass is 366 g/mol. The predicted molar refractivity (Wildman–Crippen MR) is 104 cm³/mol. The molecule has 0 fully saturated rings. The van der Waals surface area contributed by atoms with E-state index in [1.54, 1.807) is 36.5 Å². The second-order valence-corrected chi connectivity index (χ2v) is 7.02. The molecule has 6 heteroatoms. The van der Waals surface area contributed by atoms with E-state index < -0.39 is 5.82 Å². The highest BCUT2D eigenvalue weighted by atomic mass is 19.1. The molecule has 0 saturated carbocycles. The van der Waals surface area contributed by atoms with E-state index in [9.17, 15) is 9.18 Å². The van der Waals surface area contributed by atoms with Crippen LogP contribution in [-0.2, 0) is 6.42 Å². The second-order valence-electron chi connectivity index (χ2n) is 7.02. The third-order valence-electron chi connectivity index (χ3n) is 4.41. The summed E-state index contributed by atoms with van der Waals surface area (Å²) in [5.41, 5.74) is 2.30. The number of pyridine rings is 1. The number of carbonyl (C=O) groups is 1. The lowest BCUT2D eigenvalue weighted by Crippen LogP contribution is -2.26. The van der Waals surface area contributed by atoms with Gasteiger partial charge >= 0.3 is 0 Å². The predicted octanol–water partition coefficient (Wildman–Crippen LogP) is 4.12. The van der Waals surface area contributed by atoms with Crippen molar-refractivity contribution in [2.24, 2.45) is 5.92 Å². The quantitative estimate of drug-likeness (QED) is 0.681. The number of fused-ring (bicyclic) bond motifs is 1. The Hall–Kier alpha value is -2.89. The van der Waals surface area contributed by atoms with Crippen molar-refractivity contribution in [2.75, 3.05) is 13.6 Å². The number of rotatable bonds is 5. The third kappa shape index (κ3) is 4.10. The van der Waals surface area contributed by atoms with E-state index in [0.29, 0.717) is 34.6 Å². The molecule has 3 rings (SSSR count). The van der Waals surface area contributed by atoms with Crippen molar-refractivity contribution in [2.45, 2.75) is 27.2 Å². The molecule has 1 aromatic carbocycles. The van der Waals surface area contributed by atoms with Crippen LogP contribution in [0.25, 0.3) is 22.2 Å². The molecule has 0 saturated heterocycles. The molecule has 5 nitrogen and oxygen atoms in total. The lowest BCUT2D eigenvalue weighted by molar-refractivity contribution is 0.0804. The van der Waals surface area contributed by atoms with Gasteiger partial charge in [-0.25, -0.2) is 19.3 Å². The fourth-order valence-corrected chi connectivity index (χ4v) is 2.83. The number of amides is 1. The van der Waals surface area contributed by atoms with Gasteiger partial charge in [-0.05, 0) is 37.1 Å². The average molecular weight is 366 g/mol. The Balaban J connectivity index is 2.11. The van der Waals surface area contributed by atoms with Gasteiger partial charge in [0.25, 0.3) is 5.91 Å². The van der Waals surface area contributed by atoms with Gasteiger partial charge in [-0.1, -0.05) is 13.8 Å². The summed E-state index contributed by atoms with van der Waals surface area (Å²) in [4.78, 5) is 27.8. The number of benzene rings is 1. The third-order valence-corrected chi connectivity index (χ3v) is 4.41. The molecule has 1 amide bonds. The highest BCUT2D eigenvalue weighted by Gasteiger charge is 2.17. The molecule has 0 radical (unpaired) electrons. The van der Waals surface area contributed by atoms with Gasteiger partial charge < -0.3 is 4.90 Å². The number of aromatic nitrogens is 3. The summed E-state index contributed by atoms with van der Waals surface area (Å²) in [7, 11) is 1.72. The van der Waals surface area contributed by atoms with E-state index in [0.717, 1.165) is 17.8 Å². The first kappa shape index (κ1) is 18.9. The van der Waals surface area contributed by atoms with Crippen LogP contribution < -0.4 is 0 Å². The van der Waals surface area contributed by atoms with Gasteiger partial charge in [0, 0.05) is 43.4 Å². The van der Waals surface area contributed by atoms with E-state index in [4.69, 9.17) is 0 Å². The Bertz CT molecular complexity index is 970. The molecule has 3 aromatic rings. The van der Waals surface area contributed by atoms with Crippen LogP contribution in [0.1, 0.15) is 37.0 Å². The summed E-state index contributed by atoms with van der Waals surface area (Å²) in [5.74, 6) is 0.678. The van der Waals surface area contributed by atoms with Crippen molar-refractivity contribution >= 4 is 16.8 Å². The molecule has 0 spiro atoms. The van der Waals surface area contributed by atoms with Gasteiger partial charge in [0.15, 0.2) is 0 Å². The summed E-state index contributed by atoms with van der Waals surface area (Å²) in [6.45, 7) is 6.68. The average Bonchev–Trinajstić information content (AvgIpc) is 2.66. The molecular formula is C21H23FN4O. The first-order chi connectivity index (χ1) is 12.9. The lowest BCUT2D eigenvalue weighted by atomic mass is 10.0. The number of halogens is 1. The lowest BCUT2D eigenvalue weighted by Gasteiger charge is -2.17. The molecular weight excluding hydrogens is 343 g/mol. The van der Waals surface area contributed by atoms with Gasteiger partial charge in [-0.3, -0.25) is 4.79 Å². The maximum absolute atomic E-state index is 13.8. The van der Waals surface area contributed by atoms with Crippen molar-refractivity contribution in [1.82, 2.24) is 19.9 Å². The standard InChI is InChI=1S/C21H23FN4O/c1-5-26(4)21(27)17-10-19(25-18-7-6-15(22)9-16(17)18)14-11-23-20(24-12-14)8-13(2)3/h6-7,9-13H,5,8H2,1-4H3. The van der Waals surface area contributed by atoms with Gasteiger partial charge in [0.05, 0.1) is 16.8 Å². The van der Waals surface area contributed by atoms with Crippen LogP contribution in [0.3, 0.4) is 0 Å². The summed E-state index contributed by atoms with van der Waals surface area (Å²) in [5, 5.41) is 0.501. The first-order valence-corrected chi connectivity index (χ1v) is 9.06. The molecule has 0 bridgehead atoms. The largest absolute Gasteiger partial charge is 0.342 e. The fraction of sp³-hybridized carbons (Fsp3) is 0.333. The van der Waals surface area contributed by atoms with Crippen LogP contribution in [0.5, 0.6) is 0 Å². The highest BCUT2D eigenvalue weighted by Crippen LogP contribution is 2.26. The summed E-state index contributed by atoms with van der Waals surface area (Å²) >= 11 is 0. The van der Waals surface area contributed by atoms with Gasteiger partial charge in [0.2, 0.25) is 0 Å². The topological polar surface area (TPSA) is 59.0 Å². The molecule has 2 heterocycles. The normalized spacial score (nSPS) is 11.2. The molecule has 0 atom stereocenters. The smallest absolute Gasteiger partial charge is 0.254 e. The molecule has 27 heavy (non-hydrogen) atoms. The minimum absolute atomic E-state index is 0.172. The van der Waals surface area contributed by atoms with Crippen LogP contribution in [0, 0.1) is 11.7 Å². The van der Waals surface area contributed by atoms with Gasteiger partial charge in [0.1, 0.15) is 11.6 Å². The highest BCUT2D eigenvalue weighted by molar-refractivity contribution is 6.07. The number of carbonyl (C=O) groups excluding carboxylic acids is 1. The van der Waals surface area contributed by atoms with E-state index in [1.165, 1.54) is 12.1 Å². The van der Waals surface area contributed by atoms with Crippen LogP contribution in [0.2, 0.25) is 0 Å². The second kappa shape index (κ2) is 7.78. The van der Waals surface area contributed by atoms with Crippen LogP contribution >= 0.6 is 0 Å². The minimum Gasteiger partial charge on any atom is -0.342 e. The summed E-state index contributed by atoms with van der Waals surface area (Å²) in [6.07, 6.45) is 4.25. The van der Waals surface area contributed by atoms with E-state index in [1.807, 2.05) is 6.92 Å². The molecule has 0 aliphatic rings. The summed E-state index contributed by atoms with van der Waals surface area (Å²) < 4.78 is 13.8. The Morgan fingerprint density at radius 3 is 2.52 bits per heavy atom. The van der Waals surface area contributed by atoms with E-state index >= 15 is 0 Å². The van der Waals surface area contributed by atoms with E-state index in [2.05, 4.69) is 28.8 Å². The van der Waals surface area contributed by atoms with Crippen molar-refractivity contribution in [3.05, 3.63) is 53.9 Å². The first-order valence-electron chi connectivity index (χ1n) is 9.06. The van der Waals surface area contributed by atoms with Crippen molar-refractivity contribution < 1.29 is 9.18 Å². The van der Waals surface area contributed by atoms with Crippen molar-refractivity contribution in [3.63, 3.8) is 0 Å². The maximum Gasteiger partial charge on any atom is 0.254 e. The van der Waals surface area contributed by atoms with Gasteiger partial charge in [-0.2, -0.15) is 0 Å². The molecule has 0 N–H and O–H groups in total. The minimum atomic E-state index is -0.397. The number of nitrogens with zero attached hydrogens (tertiary/aromatic N) is 4. The SMILES string of the molecule is CCN(C)C(=O)c1cc(-c2cnc(CC(C)C)nc2)nc2ccc(F)cc12. The van der Waals surface area contributed by atoms with Crippen molar-refractivity contribution in [3.8, 4) is 11.3 Å². The molecule has 0 aliphatic carbocycles. The Labute approximate surface area is 158 Å². The Morgan fingerprint density at radius 2 is 1.89 bits per heavy atom. The molecule has 2 aromatic heterocycles. The zero-order chi connectivity index (χ0) is 19.6. The number of hydrogen-bond donors (Lipinski definition) is 0. The van der Waals surface area contributed by atoms with Gasteiger partial charge in [-0.15, -0.1) is 0 Å². The van der Waals surface area contributed by atoms with Crippen LogP contribution in [-0.4, -0.2) is 39.4 Å². The van der Waals surface area contributed by atoms with E-state index in [-0.39, 0.29) is 5.91 Å². The summed E-state index contributed by atoms with van der Waals surface area (Å²) in [6, 6.07) is 5.98. The van der Waals surface area contributed by atoms with Crippen molar-refractivity contribution in [1.29, 1.82) is 0 Å². The Kier molecular flexibility index (Phi) is 5.44.